The number of nitrogens with one attached hydrogen (secondary N) is 2. The second kappa shape index (κ2) is 5.31. The molecule has 1 saturated carbocycles. The standard InChI is InChI=1S/C13H26N2/c1-2-13(7-3-8-14-10-13)11-15-9-6-12-4-5-12/h12,14-15H,2-11H2,1H3. The van der Waals surface area contributed by atoms with Gasteiger partial charge >= 0.3 is 0 Å². The third-order valence-electron chi connectivity index (χ3n) is 4.24. The zero-order chi connectivity index (χ0) is 10.6. The van der Waals surface area contributed by atoms with Crippen molar-refractivity contribution in [2.45, 2.75) is 45.4 Å². The molecule has 2 aliphatic rings. The van der Waals surface area contributed by atoms with E-state index in [4.69, 9.17) is 0 Å². The van der Waals surface area contributed by atoms with E-state index in [9.17, 15) is 0 Å². The van der Waals surface area contributed by atoms with Gasteiger partial charge in [-0.05, 0) is 50.1 Å². The Bertz CT molecular complexity index is 181. The van der Waals surface area contributed by atoms with Gasteiger partial charge in [-0.1, -0.05) is 19.8 Å². The Labute approximate surface area is 94.2 Å². The molecular formula is C13H26N2. The summed E-state index contributed by atoms with van der Waals surface area (Å²) >= 11 is 0. The average molecular weight is 210 g/mol. The van der Waals surface area contributed by atoms with Crippen LogP contribution in [0.1, 0.15) is 45.4 Å². The van der Waals surface area contributed by atoms with E-state index < -0.39 is 0 Å². The minimum Gasteiger partial charge on any atom is -0.316 e. The van der Waals surface area contributed by atoms with E-state index in [1.807, 2.05) is 0 Å². The van der Waals surface area contributed by atoms with E-state index in [1.54, 1.807) is 0 Å². The molecule has 1 heterocycles. The van der Waals surface area contributed by atoms with Gasteiger partial charge in [0.2, 0.25) is 0 Å². The zero-order valence-corrected chi connectivity index (χ0v) is 10.1. The maximum absolute atomic E-state index is 3.68. The van der Waals surface area contributed by atoms with Gasteiger partial charge in [0, 0.05) is 13.1 Å². The van der Waals surface area contributed by atoms with Crippen molar-refractivity contribution >= 4 is 0 Å². The van der Waals surface area contributed by atoms with Gasteiger partial charge in [0.05, 0.1) is 0 Å². The first-order valence-corrected chi connectivity index (χ1v) is 6.76. The van der Waals surface area contributed by atoms with Crippen LogP contribution < -0.4 is 10.6 Å². The topological polar surface area (TPSA) is 24.1 Å². The van der Waals surface area contributed by atoms with Crippen LogP contribution in [0.2, 0.25) is 0 Å². The molecule has 2 rings (SSSR count). The Morgan fingerprint density at radius 1 is 1.40 bits per heavy atom. The Morgan fingerprint density at radius 2 is 2.27 bits per heavy atom. The van der Waals surface area contributed by atoms with Gasteiger partial charge in [0.25, 0.3) is 0 Å². The van der Waals surface area contributed by atoms with Crippen molar-refractivity contribution in [1.82, 2.24) is 10.6 Å². The summed E-state index contributed by atoms with van der Waals surface area (Å²) in [7, 11) is 0. The van der Waals surface area contributed by atoms with Crippen LogP contribution in [0.3, 0.4) is 0 Å². The molecule has 0 bridgehead atoms. The lowest BCUT2D eigenvalue weighted by atomic mass is 9.78. The average Bonchev–Trinajstić information content (AvgIpc) is 3.10. The number of piperidine rings is 1. The summed E-state index contributed by atoms with van der Waals surface area (Å²) in [6.45, 7) is 7.26. The summed E-state index contributed by atoms with van der Waals surface area (Å²) in [6.07, 6.45) is 8.47. The van der Waals surface area contributed by atoms with E-state index in [-0.39, 0.29) is 0 Å². The molecule has 1 saturated heterocycles. The molecule has 1 aliphatic heterocycles. The van der Waals surface area contributed by atoms with Crippen LogP contribution in [-0.4, -0.2) is 26.2 Å². The van der Waals surface area contributed by atoms with Gasteiger partial charge in [-0.15, -0.1) is 0 Å². The molecule has 0 radical (unpaired) electrons. The van der Waals surface area contributed by atoms with Crippen molar-refractivity contribution < 1.29 is 0 Å². The Balaban J connectivity index is 1.64. The molecule has 0 amide bonds. The molecule has 0 aromatic rings. The van der Waals surface area contributed by atoms with Crippen molar-refractivity contribution in [2.75, 3.05) is 26.2 Å². The molecule has 2 heteroatoms. The molecule has 15 heavy (non-hydrogen) atoms. The quantitative estimate of drug-likeness (QED) is 0.657. The number of rotatable bonds is 6. The molecule has 88 valence electrons. The lowest BCUT2D eigenvalue weighted by Crippen LogP contribution is -2.46. The van der Waals surface area contributed by atoms with Gasteiger partial charge in [0.1, 0.15) is 0 Å². The minimum atomic E-state index is 0.557. The van der Waals surface area contributed by atoms with Crippen LogP contribution in [0.15, 0.2) is 0 Å². The summed E-state index contributed by atoms with van der Waals surface area (Å²) in [4.78, 5) is 0. The smallest absolute Gasteiger partial charge is 0.00199 e. The molecule has 1 aliphatic carbocycles. The van der Waals surface area contributed by atoms with E-state index in [0.717, 1.165) is 5.92 Å². The fourth-order valence-corrected chi connectivity index (χ4v) is 2.67. The Kier molecular flexibility index (Phi) is 4.04. The summed E-state index contributed by atoms with van der Waals surface area (Å²) in [5.74, 6) is 1.07. The predicted molar refractivity (Wildman–Crippen MR) is 65.0 cm³/mol. The highest BCUT2D eigenvalue weighted by Gasteiger charge is 2.29. The molecule has 0 spiro atoms. The van der Waals surface area contributed by atoms with E-state index in [0.29, 0.717) is 5.41 Å². The molecule has 0 aromatic carbocycles. The fourth-order valence-electron chi connectivity index (χ4n) is 2.67. The normalized spacial score (nSPS) is 31.8. The largest absolute Gasteiger partial charge is 0.316 e. The zero-order valence-electron chi connectivity index (χ0n) is 10.1. The van der Waals surface area contributed by atoms with Crippen LogP contribution >= 0.6 is 0 Å². The maximum atomic E-state index is 3.68. The monoisotopic (exact) mass is 210 g/mol. The fraction of sp³-hybridized carbons (Fsp3) is 1.00. The summed E-state index contributed by atoms with van der Waals surface area (Å²) < 4.78 is 0. The van der Waals surface area contributed by atoms with Crippen molar-refractivity contribution in [3.05, 3.63) is 0 Å². The van der Waals surface area contributed by atoms with Gasteiger partial charge in [0.15, 0.2) is 0 Å². The first-order chi connectivity index (χ1) is 7.35. The van der Waals surface area contributed by atoms with Crippen LogP contribution in [0.25, 0.3) is 0 Å². The molecule has 2 N–H and O–H groups in total. The van der Waals surface area contributed by atoms with Gasteiger partial charge < -0.3 is 10.6 Å². The van der Waals surface area contributed by atoms with Crippen LogP contribution in [0.4, 0.5) is 0 Å². The summed E-state index contributed by atoms with van der Waals surface area (Å²) in [6, 6.07) is 0. The first-order valence-electron chi connectivity index (χ1n) is 6.76. The van der Waals surface area contributed by atoms with Crippen LogP contribution in [0, 0.1) is 11.3 Å². The first kappa shape index (κ1) is 11.4. The van der Waals surface area contributed by atoms with Gasteiger partial charge in [-0.25, -0.2) is 0 Å². The molecule has 2 fully saturated rings. The highest BCUT2D eigenvalue weighted by molar-refractivity contribution is 4.86. The molecule has 1 atom stereocenters. The van der Waals surface area contributed by atoms with E-state index >= 15 is 0 Å². The highest BCUT2D eigenvalue weighted by Crippen LogP contribution is 2.32. The molecule has 1 unspecified atom stereocenters. The molecule has 2 nitrogen and oxygen atoms in total. The van der Waals surface area contributed by atoms with Gasteiger partial charge in [-0.2, -0.15) is 0 Å². The third-order valence-corrected chi connectivity index (χ3v) is 4.24. The second-order valence-electron chi connectivity index (χ2n) is 5.54. The maximum Gasteiger partial charge on any atom is 0.00199 e. The number of hydrogen-bond donors (Lipinski definition) is 2. The third kappa shape index (κ3) is 3.46. The van der Waals surface area contributed by atoms with Crippen molar-refractivity contribution in [1.29, 1.82) is 0 Å². The molecule has 0 aromatic heterocycles. The van der Waals surface area contributed by atoms with Crippen LogP contribution in [-0.2, 0) is 0 Å². The summed E-state index contributed by atoms with van der Waals surface area (Å²) in [5.41, 5.74) is 0.557. The lowest BCUT2D eigenvalue weighted by Gasteiger charge is -2.37. The van der Waals surface area contributed by atoms with Gasteiger partial charge in [-0.3, -0.25) is 0 Å². The van der Waals surface area contributed by atoms with E-state index in [1.165, 1.54) is 64.7 Å². The highest BCUT2D eigenvalue weighted by atomic mass is 14.9. The Morgan fingerprint density at radius 3 is 2.87 bits per heavy atom. The predicted octanol–water partition coefficient (Wildman–Crippen LogP) is 2.16. The van der Waals surface area contributed by atoms with Crippen molar-refractivity contribution in [3.8, 4) is 0 Å². The molecular weight excluding hydrogens is 184 g/mol. The second-order valence-corrected chi connectivity index (χ2v) is 5.54. The number of hydrogen-bond acceptors (Lipinski definition) is 2. The lowest BCUT2D eigenvalue weighted by molar-refractivity contribution is 0.192. The van der Waals surface area contributed by atoms with Crippen LogP contribution in [0.5, 0.6) is 0 Å². The Hall–Kier alpha value is -0.0800. The van der Waals surface area contributed by atoms with Crippen molar-refractivity contribution in [2.24, 2.45) is 11.3 Å². The summed E-state index contributed by atoms with van der Waals surface area (Å²) in [5, 5.41) is 7.23. The van der Waals surface area contributed by atoms with Crippen molar-refractivity contribution in [3.63, 3.8) is 0 Å². The minimum absolute atomic E-state index is 0.557. The SMILES string of the molecule is CCC1(CNCCC2CC2)CCCNC1. The van der Waals surface area contributed by atoms with E-state index in [2.05, 4.69) is 17.6 Å².